The van der Waals surface area contributed by atoms with E-state index in [0.717, 1.165) is 18.9 Å². The first-order valence-corrected chi connectivity index (χ1v) is 6.62. The summed E-state index contributed by atoms with van der Waals surface area (Å²) in [6.07, 6.45) is -3.00. The third-order valence-electron chi connectivity index (χ3n) is 3.81. The van der Waals surface area contributed by atoms with E-state index < -0.39 is 17.6 Å². The molecule has 6 heteroatoms. The van der Waals surface area contributed by atoms with Gasteiger partial charge in [-0.2, -0.15) is 13.2 Å². The Kier molecular flexibility index (Phi) is 4.34. The topological polar surface area (TPSA) is 29.3 Å². The van der Waals surface area contributed by atoms with Crippen molar-refractivity contribution in [1.29, 1.82) is 0 Å². The first-order chi connectivity index (χ1) is 9.27. The minimum absolute atomic E-state index is 0.108. The number of nitrogens with two attached hydrogens (primary N) is 1. The van der Waals surface area contributed by atoms with Crippen molar-refractivity contribution in [2.24, 2.45) is 5.73 Å². The number of hydrogen-bond donors (Lipinski definition) is 1. The summed E-state index contributed by atoms with van der Waals surface area (Å²) in [5, 5.41) is 0. The van der Waals surface area contributed by atoms with Crippen molar-refractivity contribution in [2.75, 3.05) is 6.54 Å². The van der Waals surface area contributed by atoms with E-state index in [1.807, 2.05) is 11.8 Å². The molecule has 0 saturated carbocycles. The smallest absolute Gasteiger partial charge is 0.328 e. The molecule has 1 heterocycles. The SMILES string of the molecule is CC1CC(N)CCN1Cc1ccc(F)cc1C(F)(F)F. The van der Waals surface area contributed by atoms with Crippen LogP contribution < -0.4 is 5.73 Å². The van der Waals surface area contributed by atoms with Crippen molar-refractivity contribution < 1.29 is 17.6 Å². The number of benzene rings is 1. The van der Waals surface area contributed by atoms with Gasteiger partial charge in [0, 0.05) is 25.2 Å². The van der Waals surface area contributed by atoms with Gasteiger partial charge in [-0.05, 0) is 37.5 Å². The van der Waals surface area contributed by atoms with E-state index in [0.29, 0.717) is 12.6 Å². The zero-order chi connectivity index (χ0) is 14.9. The standard InChI is InChI=1S/C14H18F4N2/c1-9-6-12(19)4-5-20(9)8-10-2-3-11(15)7-13(10)14(16,17)18/h2-3,7,9,12H,4-6,8,19H2,1H3. The summed E-state index contributed by atoms with van der Waals surface area (Å²) in [5.74, 6) is -0.866. The number of piperidine rings is 1. The lowest BCUT2D eigenvalue weighted by Gasteiger charge is -2.36. The van der Waals surface area contributed by atoms with Crippen molar-refractivity contribution in [3.05, 3.63) is 35.1 Å². The number of halogens is 4. The molecule has 0 radical (unpaired) electrons. The molecule has 2 rings (SSSR count). The maximum atomic E-state index is 13.1. The lowest BCUT2D eigenvalue weighted by Crippen LogP contribution is -2.45. The third-order valence-corrected chi connectivity index (χ3v) is 3.81. The number of nitrogens with zero attached hydrogens (tertiary/aromatic N) is 1. The van der Waals surface area contributed by atoms with Crippen LogP contribution in [0.2, 0.25) is 0 Å². The Hall–Kier alpha value is -1.14. The van der Waals surface area contributed by atoms with Gasteiger partial charge in [0.1, 0.15) is 5.82 Å². The highest BCUT2D eigenvalue weighted by Crippen LogP contribution is 2.33. The summed E-state index contributed by atoms with van der Waals surface area (Å²) >= 11 is 0. The van der Waals surface area contributed by atoms with Crippen molar-refractivity contribution in [3.8, 4) is 0 Å². The molecule has 0 spiro atoms. The molecule has 2 unspecified atom stereocenters. The second kappa shape index (κ2) is 5.69. The molecule has 1 aliphatic rings. The summed E-state index contributed by atoms with van der Waals surface area (Å²) in [6, 6.07) is 3.10. The van der Waals surface area contributed by atoms with Gasteiger partial charge < -0.3 is 5.73 Å². The first-order valence-electron chi connectivity index (χ1n) is 6.62. The Balaban J connectivity index is 2.21. The molecule has 112 valence electrons. The van der Waals surface area contributed by atoms with Crippen LogP contribution in [0.15, 0.2) is 18.2 Å². The molecule has 2 N–H and O–H groups in total. The predicted molar refractivity (Wildman–Crippen MR) is 68.5 cm³/mol. The molecule has 0 aromatic heterocycles. The van der Waals surface area contributed by atoms with Gasteiger partial charge in [0.05, 0.1) is 5.56 Å². The summed E-state index contributed by atoms with van der Waals surface area (Å²) in [6.45, 7) is 2.79. The average Bonchev–Trinajstić information content (AvgIpc) is 2.33. The lowest BCUT2D eigenvalue weighted by atomic mass is 9.97. The number of likely N-dealkylation sites (tertiary alicyclic amines) is 1. The molecule has 1 fully saturated rings. The van der Waals surface area contributed by atoms with E-state index in [1.165, 1.54) is 6.07 Å². The molecule has 0 aliphatic carbocycles. The summed E-state index contributed by atoms with van der Waals surface area (Å²) < 4.78 is 51.9. The predicted octanol–water partition coefficient (Wildman–Crippen LogP) is 3.16. The Bertz CT molecular complexity index is 473. The molecule has 1 aromatic rings. The van der Waals surface area contributed by atoms with Crippen LogP contribution in [0.1, 0.15) is 30.9 Å². The third kappa shape index (κ3) is 3.49. The van der Waals surface area contributed by atoms with Crippen LogP contribution >= 0.6 is 0 Å². The van der Waals surface area contributed by atoms with Crippen molar-refractivity contribution in [1.82, 2.24) is 4.90 Å². The van der Waals surface area contributed by atoms with Gasteiger partial charge in [-0.3, -0.25) is 4.90 Å². The number of alkyl halides is 3. The molecule has 1 aromatic carbocycles. The maximum absolute atomic E-state index is 13.1. The van der Waals surface area contributed by atoms with Gasteiger partial charge in [0.2, 0.25) is 0 Å². The molecule has 2 nitrogen and oxygen atoms in total. The van der Waals surface area contributed by atoms with Crippen LogP contribution in [-0.4, -0.2) is 23.5 Å². The Morgan fingerprint density at radius 1 is 1.35 bits per heavy atom. The van der Waals surface area contributed by atoms with Crippen molar-refractivity contribution in [3.63, 3.8) is 0 Å². The van der Waals surface area contributed by atoms with Gasteiger partial charge in [-0.15, -0.1) is 0 Å². The zero-order valence-electron chi connectivity index (χ0n) is 11.3. The van der Waals surface area contributed by atoms with E-state index in [4.69, 9.17) is 5.73 Å². The fourth-order valence-corrected chi connectivity index (χ4v) is 2.66. The van der Waals surface area contributed by atoms with Crippen LogP contribution in [0.3, 0.4) is 0 Å². The van der Waals surface area contributed by atoms with Crippen LogP contribution in [0.25, 0.3) is 0 Å². The Morgan fingerprint density at radius 3 is 2.65 bits per heavy atom. The van der Waals surface area contributed by atoms with E-state index in [-0.39, 0.29) is 24.2 Å². The summed E-state index contributed by atoms with van der Waals surface area (Å²) in [7, 11) is 0. The fraction of sp³-hybridized carbons (Fsp3) is 0.571. The average molecular weight is 290 g/mol. The molecule has 0 bridgehead atoms. The number of rotatable bonds is 2. The Morgan fingerprint density at radius 2 is 2.05 bits per heavy atom. The lowest BCUT2D eigenvalue weighted by molar-refractivity contribution is -0.138. The summed E-state index contributed by atoms with van der Waals surface area (Å²) in [5.41, 5.74) is 5.07. The quantitative estimate of drug-likeness (QED) is 0.848. The molecule has 1 saturated heterocycles. The van der Waals surface area contributed by atoms with Crippen LogP contribution in [-0.2, 0) is 12.7 Å². The second-order valence-electron chi connectivity index (χ2n) is 5.40. The highest BCUT2D eigenvalue weighted by Gasteiger charge is 2.34. The van der Waals surface area contributed by atoms with Crippen LogP contribution in [0.4, 0.5) is 17.6 Å². The highest BCUT2D eigenvalue weighted by atomic mass is 19.4. The normalized spacial score (nSPS) is 24.9. The van der Waals surface area contributed by atoms with Crippen molar-refractivity contribution in [2.45, 2.75) is 44.6 Å². The first kappa shape index (κ1) is 15.3. The van der Waals surface area contributed by atoms with Gasteiger partial charge in [0.15, 0.2) is 0 Å². The van der Waals surface area contributed by atoms with E-state index >= 15 is 0 Å². The molecule has 1 aliphatic heterocycles. The molecule has 2 atom stereocenters. The minimum atomic E-state index is -4.53. The van der Waals surface area contributed by atoms with Crippen molar-refractivity contribution >= 4 is 0 Å². The van der Waals surface area contributed by atoms with Gasteiger partial charge in [0.25, 0.3) is 0 Å². The van der Waals surface area contributed by atoms with Crippen LogP contribution in [0, 0.1) is 5.82 Å². The molecular weight excluding hydrogens is 272 g/mol. The van der Waals surface area contributed by atoms with E-state index in [1.54, 1.807) is 0 Å². The minimum Gasteiger partial charge on any atom is -0.328 e. The molecular formula is C14H18F4N2. The molecule has 20 heavy (non-hydrogen) atoms. The van der Waals surface area contributed by atoms with E-state index in [9.17, 15) is 17.6 Å². The highest BCUT2D eigenvalue weighted by molar-refractivity contribution is 5.30. The molecule has 0 amide bonds. The largest absolute Gasteiger partial charge is 0.416 e. The summed E-state index contributed by atoms with van der Waals surface area (Å²) in [4.78, 5) is 1.96. The second-order valence-corrected chi connectivity index (χ2v) is 5.40. The number of hydrogen-bond acceptors (Lipinski definition) is 2. The van der Waals surface area contributed by atoms with Gasteiger partial charge in [-0.1, -0.05) is 6.07 Å². The van der Waals surface area contributed by atoms with Gasteiger partial charge in [-0.25, -0.2) is 4.39 Å². The Labute approximate surface area is 115 Å². The monoisotopic (exact) mass is 290 g/mol. The van der Waals surface area contributed by atoms with E-state index in [2.05, 4.69) is 0 Å². The fourth-order valence-electron chi connectivity index (χ4n) is 2.66. The van der Waals surface area contributed by atoms with Gasteiger partial charge >= 0.3 is 6.18 Å². The zero-order valence-corrected chi connectivity index (χ0v) is 11.3. The van der Waals surface area contributed by atoms with Crippen LogP contribution in [0.5, 0.6) is 0 Å². The maximum Gasteiger partial charge on any atom is 0.416 e.